The molecule has 0 bridgehead atoms. The van der Waals surface area contributed by atoms with Crippen LogP contribution < -0.4 is 10.5 Å². The summed E-state index contributed by atoms with van der Waals surface area (Å²) in [7, 11) is 0. The molecule has 0 aliphatic rings. The Morgan fingerprint density at radius 1 is 0.952 bits per heavy atom. The second-order valence-electron chi connectivity index (χ2n) is 4.96. The maximum atomic E-state index is 5.87. The Morgan fingerprint density at radius 3 is 2.57 bits per heavy atom. The predicted molar refractivity (Wildman–Crippen MR) is 85.3 cm³/mol. The van der Waals surface area contributed by atoms with Gasteiger partial charge in [-0.25, -0.2) is 0 Å². The molecule has 0 amide bonds. The van der Waals surface area contributed by atoms with Crippen molar-refractivity contribution < 1.29 is 4.74 Å². The molecule has 0 saturated carbocycles. The zero-order chi connectivity index (χ0) is 14.5. The summed E-state index contributed by atoms with van der Waals surface area (Å²) < 4.78 is 5.87. The molecule has 3 rings (SSSR count). The number of rotatable bonds is 5. The van der Waals surface area contributed by atoms with Crippen molar-refractivity contribution in [1.82, 2.24) is 4.98 Å². The third kappa shape index (κ3) is 3.20. The molecule has 2 aromatic carbocycles. The number of benzene rings is 2. The summed E-state index contributed by atoms with van der Waals surface area (Å²) in [5, 5.41) is 1.14. The lowest BCUT2D eigenvalue weighted by Crippen LogP contribution is -2.02. The van der Waals surface area contributed by atoms with Gasteiger partial charge in [-0.15, -0.1) is 0 Å². The Morgan fingerprint density at radius 2 is 1.76 bits per heavy atom. The summed E-state index contributed by atoms with van der Waals surface area (Å²) in [4.78, 5) is 4.36. The van der Waals surface area contributed by atoms with Crippen molar-refractivity contribution in [2.45, 2.75) is 13.0 Å². The monoisotopic (exact) mass is 278 g/mol. The molecule has 0 aliphatic carbocycles. The maximum Gasteiger partial charge on any atom is 0.119 e. The fraction of sp³-hybridized carbons (Fsp3) is 0.167. The van der Waals surface area contributed by atoms with Crippen molar-refractivity contribution in [3.63, 3.8) is 0 Å². The van der Waals surface area contributed by atoms with E-state index < -0.39 is 0 Å². The van der Waals surface area contributed by atoms with Crippen LogP contribution in [0.3, 0.4) is 0 Å². The number of hydrogen-bond donors (Lipinski definition) is 1. The highest BCUT2D eigenvalue weighted by atomic mass is 16.5. The number of fused-ring (bicyclic) bond motifs is 1. The SMILES string of the molecule is NCCc1ccc(OCc2ccnc3ccccc23)cc1. The van der Waals surface area contributed by atoms with Crippen LogP contribution in [0.2, 0.25) is 0 Å². The van der Waals surface area contributed by atoms with Crippen LogP contribution >= 0.6 is 0 Å². The molecular weight excluding hydrogens is 260 g/mol. The Labute approximate surface area is 124 Å². The molecule has 3 nitrogen and oxygen atoms in total. The van der Waals surface area contributed by atoms with Gasteiger partial charge in [0.1, 0.15) is 12.4 Å². The Bertz CT molecular complexity index is 717. The van der Waals surface area contributed by atoms with Crippen LogP contribution in [0, 0.1) is 0 Å². The van der Waals surface area contributed by atoms with Gasteiger partial charge in [0, 0.05) is 17.1 Å². The second-order valence-corrected chi connectivity index (χ2v) is 4.96. The third-order valence-corrected chi connectivity index (χ3v) is 3.49. The van der Waals surface area contributed by atoms with Crippen molar-refractivity contribution in [1.29, 1.82) is 0 Å². The summed E-state index contributed by atoms with van der Waals surface area (Å²) in [5.74, 6) is 0.872. The third-order valence-electron chi connectivity index (χ3n) is 3.49. The Balaban J connectivity index is 1.74. The van der Waals surface area contributed by atoms with Crippen LogP contribution in [0.5, 0.6) is 5.75 Å². The molecule has 106 valence electrons. The molecule has 0 spiro atoms. The molecule has 0 unspecified atom stereocenters. The molecule has 0 saturated heterocycles. The van der Waals surface area contributed by atoms with Crippen LogP contribution in [-0.4, -0.2) is 11.5 Å². The van der Waals surface area contributed by atoms with Crippen LogP contribution in [-0.2, 0) is 13.0 Å². The van der Waals surface area contributed by atoms with Gasteiger partial charge in [0.2, 0.25) is 0 Å². The summed E-state index contributed by atoms with van der Waals surface area (Å²) in [5.41, 5.74) is 8.93. The van der Waals surface area contributed by atoms with Crippen molar-refractivity contribution in [3.8, 4) is 5.75 Å². The summed E-state index contributed by atoms with van der Waals surface area (Å²) in [6, 6.07) is 18.2. The minimum Gasteiger partial charge on any atom is -0.489 e. The maximum absolute atomic E-state index is 5.87. The summed E-state index contributed by atoms with van der Waals surface area (Å²) in [6.45, 7) is 1.21. The summed E-state index contributed by atoms with van der Waals surface area (Å²) >= 11 is 0. The zero-order valence-corrected chi connectivity index (χ0v) is 11.8. The zero-order valence-electron chi connectivity index (χ0n) is 11.8. The van der Waals surface area contributed by atoms with Gasteiger partial charge in [-0.1, -0.05) is 30.3 Å². The van der Waals surface area contributed by atoms with Crippen molar-refractivity contribution in [2.75, 3.05) is 6.54 Å². The van der Waals surface area contributed by atoms with Gasteiger partial charge >= 0.3 is 0 Å². The molecule has 1 heterocycles. The normalized spacial score (nSPS) is 10.7. The van der Waals surface area contributed by atoms with E-state index in [0.29, 0.717) is 13.2 Å². The van der Waals surface area contributed by atoms with Gasteiger partial charge in [0.15, 0.2) is 0 Å². The number of aromatic nitrogens is 1. The number of hydrogen-bond acceptors (Lipinski definition) is 3. The van der Waals surface area contributed by atoms with E-state index in [1.54, 1.807) is 0 Å². The molecule has 21 heavy (non-hydrogen) atoms. The van der Waals surface area contributed by atoms with Crippen molar-refractivity contribution in [3.05, 3.63) is 71.9 Å². The Hall–Kier alpha value is -2.39. The molecule has 0 fully saturated rings. The average Bonchev–Trinajstić information content (AvgIpc) is 2.54. The topological polar surface area (TPSA) is 48.1 Å². The minimum atomic E-state index is 0.541. The smallest absolute Gasteiger partial charge is 0.119 e. The quantitative estimate of drug-likeness (QED) is 0.779. The van der Waals surface area contributed by atoms with E-state index in [1.165, 1.54) is 5.56 Å². The lowest BCUT2D eigenvalue weighted by atomic mass is 10.1. The Kier molecular flexibility index (Phi) is 4.12. The summed E-state index contributed by atoms with van der Waals surface area (Å²) in [6.07, 6.45) is 2.72. The first-order valence-electron chi connectivity index (χ1n) is 7.11. The van der Waals surface area contributed by atoms with Gasteiger partial charge in [-0.2, -0.15) is 0 Å². The highest BCUT2D eigenvalue weighted by Crippen LogP contribution is 2.19. The fourth-order valence-electron chi connectivity index (χ4n) is 2.36. The van der Waals surface area contributed by atoms with Crippen molar-refractivity contribution >= 4 is 10.9 Å². The lowest BCUT2D eigenvalue weighted by molar-refractivity contribution is 0.307. The van der Waals surface area contributed by atoms with Crippen molar-refractivity contribution in [2.24, 2.45) is 5.73 Å². The molecule has 2 N–H and O–H groups in total. The first kappa shape index (κ1) is 13.6. The van der Waals surface area contributed by atoms with E-state index in [1.807, 2.05) is 42.6 Å². The van der Waals surface area contributed by atoms with E-state index >= 15 is 0 Å². The lowest BCUT2D eigenvalue weighted by Gasteiger charge is -2.09. The standard InChI is InChI=1S/C18H18N2O/c19-11-9-14-5-7-16(8-6-14)21-13-15-10-12-20-18-4-2-1-3-17(15)18/h1-8,10,12H,9,11,13,19H2. The highest BCUT2D eigenvalue weighted by Gasteiger charge is 2.02. The molecule has 0 radical (unpaired) electrons. The molecule has 3 heteroatoms. The van der Waals surface area contributed by atoms with E-state index in [9.17, 15) is 0 Å². The van der Waals surface area contributed by atoms with Gasteiger partial charge in [-0.05, 0) is 42.8 Å². The van der Waals surface area contributed by atoms with E-state index in [0.717, 1.165) is 28.6 Å². The number of ether oxygens (including phenoxy) is 1. The number of nitrogens with zero attached hydrogens (tertiary/aromatic N) is 1. The van der Waals surface area contributed by atoms with Gasteiger partial charge in [-0.3, -0.25) is 4.98 Å². The molecule has 0 atom stereocenters. The molecule has 1 aromatic heterocycles. The first-order valence-corrected chi connectivity index (χ1v) is 7.11. The largest absolute Gasteiger partial charge is 0.489 e. The molecule has 3 aromatic rings. The van der Waals surface area contributed by atoms with Crippen LogP contribution in [0.4, 0.5) is 0 Å². The van der Waals surface area contributed by atoms with Gasteiger partial charge in [0.25, 0.3) is 0 Å². The molecular formula is C18H18N2O. The average molecular weight is 278 g/mol. The van der Waals surface area contributed by atoms with Crippen LogP contribution in [0.15, 0.2) is 60.8 Å². The van der Waals surface area contributed by atoms with E-state index in [-0.39, 0.29) is 0 Å². The number of pyridine rings is 1. The fourth-order valence-corrected chi connectivity index (χ4v) is 2.36. The number of nitrogens with two attached hydrogens (primary N) is 1. The van der Waals surface area contributed by atoms with E-state index in [4.69, 9.17) is 10.5 Å². The minimum absolute atomic E-state index is 0.541. The van der Waals surface area contributed by atoms with Crippen LogP contribution in [0.1, 0.15) is 11.1 Å². The first-order chi connectivity index (χ1) is 10.4. The van der Waals surface area contributed by atoms with E-state index in [2.05, 4.69) is 23.2 Å². The second kappa shape index (κ2) is 6.37. The molecule has 0 aliphatic heterocycles. The number of para-hydroxylation sites is 1. The van der Waals surface area contributed by atoms with Gasteiger partial charge < -0.3 is 10.5 Å². The predicted octanol–water partition coefficient (Wildman–Crippen LogP) is 3.32. The van der Waals surface area contributed by atoms with Crippen LogP contribution in [0.25, 0.3) is 10.9 Å². The van der Waals surface area contributed by atoms with Gasteiger partial charge in [0.05, 0.1) is 5.52 Å². The highest BCUT2D eigenvalue weighted by molar-refractivity contribution is 5.81.